The third-order valence-corrected chi connectivity index (χ3v) is 4.69. The molecule has 1 aromatic heterocycles. The van der Waals surface area contributed by atoms with E-state index in [1.54, 1.807) is 37.3 Å². The molecule has 3 rings (SSSR count). The van der Waals surface area contributed by atoms with Crippen molar-refractivity contribution in [1.82, 2.24) is 15.8 Å². The average molecular weight is 425 g/mol. The second-order valence-corrected chi connectivity index (χ2v) is 6.93. The van der Waals surface area contributed by atoms with Gasteiger partial charge < -0.3 is 9.47 Å². The summed E-state index contributed by atoms with van der Waals surface area (Å²) in [5.41, 5.74) is 6.20. The monoisotopic (exact) mass is 425 g/mol. The number of ether oxygens (including phenoxy) is 2. The number of rotatable bonds is 7. The van der Waals surface area contributed by atoms with Crippen molar-refractivity contribution >= 4 is 22.7 Å². The van der Waals surface area contributed by atoms with E-state index in [2.05, 4.69) is 22.8 Å². The number of fused-ring (bicyclic) bond motifs is 1. The fourth-order valence-corrected chi connectivity index (χ4v) is 2.97. The second kappa shape index (κ2) is 9.88. The van der Waals surface area contributed by atoms with Gasteiger partial charge in [-0.2, -0.15) is 0 Å². The number of aryl methyl sites for hydroxylation is 1. The number of pyridine rings is 1. The Labute approximate surface area is 179 Å². The highest BCUT2D eigenvalue weighted by Gasteiger charge is 2.15. The maximum atomic E-state index is 13.4. The van der Waals surface area contributed by atoms with Crippen LogP contribution in [0, 0.1) is 12.7 Å². The molecule has 3 aromatic rings. The quantitative estimate of drug-likeness (QED) is 0.442. The minimum Gasteiger partial charge on any atom is -0.493 e. The minimum absolute atomic E-state index is 0.275. The zero-order valence-electron chi connectivity index (χ0n) is 17.6. The fourth-order valence-electron chi connectivity index (χ4n) is 2.97. The summed E-state index contributed by atoms with van der Waals surface area (Å²) in [6, 6.07) is 10.5. The molecular formula is C23H24FN3O4. The van der Waals surface area contributed by atoms with Gasteiger partial charge in [-0.15, -0.1) is 0 Å². The van der Waals surface area contributed by atoms with Crippen LogP contribution >= 0.6 is 0 Å². The van der Waals surface area contributed by atoms with Crippen molar-refractivity contribution in [3.05, 3.63) is 65.1 Å². The molecule has 0 fully saturated rings. The van der Waals surface area contributed by atoms with Crippen molar-refractivity contribution in [3.8, 4) is 11.5 Å². The normalized spacial score (nSPS) is 10.6. The van der Waals surface area contributed by atoms with E-state index in [1.807, 2.05) is 0 Å². The first-order chi connectivity index (χ1) is 14.9. The Morgan fingerprint density at radius 2 is 1.81 bits per heavy atom. The number of nitrogens with one attached hydrogen (secondary N) is 2. The summed E-state index contributed by atoms with van der Waals surface area (Å²) in [7, 11) is 1.49. The number of aromatic nitrogens is 1. The molecule has 0 unspecified atom stereocenters. The summed E-state index contributed by atoms with van der Waals surface area (Å²) >= 11 is 0. The Balaban J connectivity index is 1.69. The van der Waals surface area contributed by atoms with Crippen molar-refractivity contribution < 1.29 is 23.5 Å². The van der Waals surface area contributed by atoms with Crippen molar-refractivity contribution in [3.63, 3.8) is 0 Å². The first-order valence-electron chi connectivity index (χ1n) is 9.91. The third-order valence-electron chi connectivity index (χ3n) is 4.69. The van der Waals surface area contributed by atoms with Gasteiger partial charge >= 0.3 is 0 Å². The molecule has 0 aliphatic carbocycles. The van der Waals surface area contributed by atoms with E-state index in [4.69, 9.17) is 9.47 Å². The second-order valence-electron chi connectivity index (χ2n) is 6.93. The van der Waals surface area contributed by atoms with Crippen LogP contribution in [0.15, 0.2) is 42.5 Å². The lowest BCUT2D eigenvalue weighted by molar-refractivity contribution is 0.0846. The molecule has 0 saturated heterocycles. The summed E-state index contributed by atoms with van der Waals surface area (Å²) in [6.07, 6.45) is 1.92. The van der Waals surface area contributed by atoms with Crippen molar-refractivity contribution in [2.24, 2.45) is 0 Å². The van der Waals surface area contributed by atoms with Crippen LogP contribution < -0.4 is 20.3 Å². The molecule has 2 amide bonds. The predicted octanol–water partition coefficient (Wildman–Crippen LogP) is 3.94. The highest BCUT2D eigenvalue weighted by atomic mass is 19.1. The molecule has 2 N–H and O–H groups in total. The summed E-state index contributed by atoms with van der Waals surface area (Å²) in [5.74, 6) is -0.472. The number of hydrogen-bond acceptors (Lipinski definition) is 5. The van der Waals surface area contributed by atoms with Crippen LogP contribution in [0.1, 0.15) is 46.2 Å². The highest BCUT2D eigenvalue weighted by molar-refractivity contribution is 6.01. The van der Waals surface area contributed by atoms with Crippen LogP contribution in [-0.4, -0.2) is 30.5 Å². The van der Waals surface area contributed by atoms with Gasteiger partial charge in [0, 0.05) is 17.0 Å². The van der Waals surface area contributed by atoms with Gasteiger partial charge in [0.1, 0.15) is 5.82 Å². The van der Waals surface area contributed by atoms with Crippen LogP contribution in [-0.2, 0) is 0 Å². The van der Waals surface area contributed by atoms with Crippen molar-refractivity contribution in [2.45, 2.75) is 26.7 Å². The molecule has 0 atom stereocenters. The Hall–Kier alpha value is -3.68. The molecule has 0 aliphatic rings. The van der Waals surface area contributed by atoms with Crippen molar-refractivity contribution in [2.75, 3.05) is 13.7 Å². The van der Waals surface area contributed by atoms with E-state index in [-0.39, 0.29) is 5.56 Å². The molecular weight excluding hydrogens is 401 g/mol. The van der Waals surface area contributed by atoms with Crippen LogP contribution in [0.25, 0.3) is 10.9 Å². The summed E-state index contributed by atoms with van der Waals surface area (Å²) in [5, 5.41) is 0.617. The van der Waals surface area contributed by atoms with Crippen LogP contribution in [0.4, 0.5) is 4.39 Å². The molecule has 0 aliphatic heterocycles. The van der Waals surface area contributed by atoms with Gasteiger partial charge in [-0.25, -0.2) is 4.39 Å². The minimum atomic E-state index is -0.531. The zero-order chi connectivity index (χ0) is 22.4. The van der Waals surface area contributed by atoms with Gasteiger partial charge in [0.15, 0.2) is 11.5 Å². The van der Waals surface area contributed by atoms with E-state index in [9.17, 15) is 14.0 Å². The first-order valence-corrected chi connectivity index (χ1v) is 9.91. The van der Waals surface area contributed by atoms with Crippen LogP contribution in [0.5, 0.6) is 11.5 Å². The smallest absolute Gasteiger partial charge is 0.271 e. The fraction of sp³-hybridized carbons (Fsp3) is 0.261. The van der Waals surface area contributed by atoms with Gasteiger partial charge in [-0.1, -0.05) is 13.3 Å². The summed E-state index contributed by atoms with van der Waals surface area (Å²) < 4.78 is 24.3. The topological polar surface area (TPSA) is 89.6 Å². The highest BCUT2D eigenvalue weighted by Crippen LogP contribution is 2.28. The maximum absolute atomic E-state index is 13.4. The van der Waals surface area contributed by atoms with Gasteiger partial charge in [0.25, 0.3) is 11.8 Å². The van der Waals surface area contributed by atoms with E-state index in [0.717, 1.165) is 12.8 Å². The lowest BCUT2D eigenvalue weighted by Crippen LogP contribution is -2.42. The summed E-state index contributed by atoms with van der Waals surface area (Å²) in [6.45, 7) is 4.26. The lowest BCUT2D eigenvalue weighted by atomic mass is 10.1. The van der Waals surface area contributed by atoms with E-state index in [0.29, 0.717) is 40.3 Å². The molecule has 0 radical (unpaired) electrons. The molecule has 1 heterocycles. The standard InChI is InChI=1S/C23H24FN3O4/c1-4-5-10-31-20-9-7-16(12-21(20)30-3)22(28)26-27-23(29)18-11-15-6-8-17(24)13-19(15)25-14(18)2/h6-9,11-13H,4-5,10H2,1-3H3,(H,26,28)(H,27,29). The molecule has 0 saturated carbocycles. The Bertz CT molecular complexity index is 1120. The van der Waals surface area contributed by atoms with Gasteiger partial charge in [0.05, 0.1) is 30.5 Å². The zero-order valence-corrected chi connectivity index (χ0v) is 17.6. The van der Waals surface area contributed by atoms with Crippen LogP contribution in [0.3, 0.4) is 0 Å². The largest absolute Gasteiger partial charge is 0.493 e. The molecule has 8 heteroatoms. The number of unbranched alkanes of at least 4 members (excludes halogenated alkanes) is 1. The van der Waals surface area contributed by atoms with Gasteiger partial charge in [-0.3, -0.25) is 25.4 Å². The molecule has 7 nitrogen and oxygen atoms in total. The lowest BCUT2D eigenvalue weighted by Gasteiger charge is -2.13. The number of nitrogens with zero attached hydrogens (tertiary/aromatic N) is 1. The number of hydrazine groups is 1. The SMILES string of the molecule is CCCCOc1ccc(C(=O)NNC(=O)c2cc3ccc(F)cc3nc2C)cc1OC. The van der Waals surface area contributed by atoms with Crippen molar-refractivity contribution in [1.29, 1.82) is 0 Å². The number of methoxy groups -OCH3 is 1. The molecule has 162 valence electrons. The van der Waals surface area contributed by atoms with E-state index >= 15 is 0 Å². The number of carbonyl (C=O) groups is 2. The van der Waals surface area contributed by atoms with Gasteiger partial charge in [0.2, 0.25) is 0 Å². The molecule has 2 aromatic carbocycles. The third kappa shape index (κ3) is 5.28. The number of amides is 2. The van der Waals surface area contributed by atoms with E-state index in [1.165, 1.54) is 19.2 Å². The Morgan fingerprint density at radius 1 is 1.03 bits per heavy atom. The molecule has 0 bridgehead atoms. The Morgan fingerprint density at radius 3 is 2.55 bits per heavy atom. The molecule has 0 spiro atoms. The summed E-state index contributed by atoms with van der Waals surface area (Å²) in [4.78, 5) is 29.3. The first kappa shape index (κ1) is 22.0. The maximum Gasteiger partial charge on any atom is 0.271 e. The number of hydrogen-bond donors (Lipinski definition) is 2. The molecule has 31 heavy (non-hydrogen) atoms. The van der Waals surface area contributed by atoms with E-state index < -0.39 is 17.6 Å². The number of carbonyl (C=O) groups excluding carboxylic acids is 2. The number of benzene rings is 2. The van der Waals surface area contributed by atoms with Crippen LogP contribution in [0.2, 0.25) is 0 Å². The number of halogens is 1. The Kier molecular flexibility index (Phi) is 7.02. The predicted molar refractivity (Wildman–Crippen MR) is 115 cm³/mol. The van der Waals surface area contributed by atoms with Gasteiger partial charge in [-0.05, 0) is 49.7 Å². The average Bonchev–Trinajstić information content (AvgIpc) is 2.77.